The number of halogens is 1. The van der Waals surface area contributed by atoms with E-state index >= 15 is 0 Å². The number of thiophene rings is 1. The summed E-state index contributed by atoms with van der Waals surface area (Å²) in [6.45, 7) is 13.6. The second kappa shape index (κ2) is 13.4. The molecule has 1 aromatic rings. The molecule has 1 fully saturated rings. The highest BCUT2D eigenvalue weighted by Gasteiger charge is 2.26. The van der Waals surface area contributed by atoms with E-state index in [4.69, 9.17) is 4.99 Å². The molecule has 1 aliphatic heterocycles. The van der Waals surface area contributed by atoms with Crippen LogP contribution in [0.5, 0.6) is 0 Å². The summed E-state index contributed by atoms with van der Waals surface area (Å²) >= 11 is 1.74. The number of aliphatic imine (C=N–C) groups is 1. The number of carbonyl (C=O) groups is 1. The van der Waals surface area contributed by atoms with Gasteiger partial charge >= 0.3 is 0 Å². The van der Waals surface area contributed by atoms with Crippen LogP contribution in [0.2, 0.25) is 0 Å². The average molecular weight is 522 g/mol. The highest BCUT2D eigenvalue weighted by atomic mass is 127. The Morgan fingerprint density at radius 2 is 2.11 bits per heavy atom. The number of nitrogens with one attached hydrogen (secondary N) is 2. The molecular weight excluding hydrogens is 485 g/mol. The molecular formula is C20H36IN5OS. The lowest BCUT2D eigenvalue weighted by Gasteiger charge is -2.28. The summed E-state index contributed by atoms with van der Waals surface area (Å²) in [6.07, 6.45) is 1.55. The maximum Gasteiger partial charge on any atom is 0.222 e. The minimum absolute atomic E-state index is 0. The third-order valence-electron chi connectivity index (χ3n) is 5.13. The number of rotatable bonds is 9. The van der Waals surface area contributed by atoms with Gasteiger partial charge in [0.15, 0.2) is 5.96 Å². The van der Waals surface area contributed by atoms with Crippen LogP contribution in [0, 0.1) is 0 Å². The van der Waals surface area contributed by atoms with Gasteiger partial charge in [-0.15, -0.1) is 24.0 Å². The predicted molar refractivity (Wildman–Crippen MR) is 130 cm³/mol. The first-order valence-electron chi connectivity index (χ1n) is 10.2. The molecule has 0 aliphatic carbocycles. The van der Waals surface area contributed by atoms with Crippen molar-refractivity contribution in [2.24, 2.45) is 4.99 Å². The van der Waals surface area contributed by atoms with Crippen molar-refractivity contribution in [1.29, 1.82) is 0 Å². The fourth-order valence-electron chi connectivity index (χ4n) is 3.58. The fourth-order valence-corrected chi connectivity index (χ4v) is 4.29. The zero-order valence-electron chi connectivity index (χ0n) is 17.6. The second-order valence-electron chi connectivity index (χ2n) is 6.84. The van der Waals surface area contributed by atoms with Crippen molar-refractivity contribution in [3.63, 3.8) is 0 Å². The first kappa shape index (κ1) is 25.2. The molecule has 160 valence electrons. The van der Waals surface area contributed by atoms with Gasteiger partial charge in [0.2, 0.25) is 5.91 Å². The molecule has 0 spiro atoms. The van der Waals surface area contributed by atoms with Gasteiger partial charge in [0.05, 0.1) is 12.6 Å². The Hall–Kier alpha value is -0.870. The molecule has 1 saturated heterocycles. The van der Waals surface area contributed by atoms with E-state index in [1.165, 1.54) is 5.56 Å². The van der Waals surface area contributed by atoms with E-state index in [1.807, 2.05) is 11.8 Å². The molecule has 2 rings (SSSR count). The molecule has 1 aliphatic rings. The molecule has 1 amide bonds. The molecule has 8 heteroatoms. The highest BCUT2D eigenvalue weighted by Crippen LogP contribution is 2.23. The zero-order valence-corrected chi connectivity index (χ0v) is 20.8. The van der Waals surface area contributed by atoms with Gasteiger partial charge in [0.25, 0.3) is 0 Å². The van der Waals surface area contributed by atoms with E-state index in [1.54, 1.807) is 11.3 Å². The van der Waals surface area contributed by atoms with E-state index in [9.17, 15) is 4.79 Å². The van der Waals surface area contributed by atoms with Crippen molar-refractivity contribution in [2.45, 2.75) is 52.6 Å². The van der Waals surface area contributed by atoms with Gasteiger partial charge in [-0.2, -0.15) is 11.3 Å². The molecule has 0 saturated carbocycles. The monoisotopic (exact) mass is 521 g/mol. The Kier molecular flexibility index (Phi) is 12.0. The van der Waals surface area contributed by atoms with Crippen LogP contribution in [-0.4, -0.2) is 67.0 Å². The predicted octanol–water partition coefficient (Wildman–Crippen LogP) is 3.32. The number of nitrogens with zero attached hydrogens (tertiary/aromatic N) is 3. The quantitative estimate of drug-likeness (QED) is 0.298. The molecule has 1 aromatic heterocycles. The normalized spacial score (nSPS) is 18.1. The Labute approximate surface area is 191 Å². The van der Waals surface area contributed by atoms with Crippen molar-refractivity contribution >= 4 is 47.2 Å². The number of hydrogen-bond donors (Lipinski definition) is 2. The van der Waals surface area contributed by atoms with Crippen molar-refractivity contribution < 1.29 is 4.79 Å². The topological polar surface area (TPSA) is 60.0 Å². The Morgan fingerprint density at radius 1 is 1.36 bits per heavy atom. The van der Waals surface area contributed by atoms with Crippen LogP contribution in [0.3, 0.4) is 0 Å². The number of likely N-dealkylation sites (N-methyl/N-ethyl adjacent to an activating group) is 1. The standard InChI is InChI=1S/C20H35N5OS.HI/c1-5-19(26)25-11-9-17(14-25)23-20(21-6-2)22-13-18(24(7-3)8-4)16-10-12-27-15-16;/h10,12,15,17-18H,5-9,11,13-14H2,1-4H3,(H2,21,22,23);1H. The summed E-state index contributed by atoms with van der Waals surface area (Å²) in [5, 5.41) is 11.3. The van der Waals surface area contributed by atoms with Gasteiger partial charge in [0, 0.05) is 32.1 Å². The summed E-state index contributed by atoms with van der Waals surface area (Å²) in [5.41, 5.74) is 1.34. The molecule has 0 radical (unpaired) electrons. The lowest BCUT2D eigenvalue weighted by molar-refractivity contribution is -0.129. The van der Waals surface area contributed by atoms with Crippen LogP contribution in [0.1, 0.15) is 52.1 Å². The zero-order chi connectivity index (χ0) is 19.6. The number of guanidine groups is 1. The SMILES string of the molecule is CCNC(=NCC(c1ccsc1)N(CC)CC)NC1CCN(C(=O)CC)C1.I. The van der Waals surface area contributed by atoms with E-state index in [-0.39, 0.29) is 35.9 Å². The molecule has 2 atom stereocenters. The molecule has 2 heterocycles. The van der Waals surface area contributed by atoms with Gasteiger partial charge in [-0.25, -0.2) is 0 Å². The third-order valence-corrected chi connectivity index (χ3v) is 5.83. The summed E-state index contributed by atoms with van der Waals surface area (Å²) in [6, 6.07) is 2.77. The van der Waals surface area contributed by atoms with Crippen molar-refractivity contribution in [3.05, 3.63) is 22.4 Å². The number of amides is 1. The first-order chi connectivity index (χ1) is 13.1. The molecule has 2 unspecified atom stereocenters. The molecule has 6 nitrogen and oxygen atoms in total. The number of hydrogen-bond acceptors (Lipinski definition) is 4. The van der Waals surface area contributed by atoms with Crippen LogP contribution in [0.4, 0.5) is 0 Å². The fraction of sp³-hybridized carbons (Fsp3) is 0.700. The minimum Gasteiger partial charge on any atom is -0.357 e. The van der Waals surface area contributed by atoms with Crippen LogP contribution in [0.25, 0.3) is 0 Å². The Morgan fingerprint density at radius 3 is 2.68 bits per heavy atom. The molecule has 28 heavy (non-hydrogen) atoms. The van der Waals surface area contributed by atoms with Crippen LogP contribution < -0.4 is 10.6 Å². The van der Waals surface area contributed by atoms with E-state index in [0.717, 1.165) is 51.6 Å². The van der Waals surface area contributed by atoms with Crippen LogP contribution in [-0.2, 0) is 4.79 Å². The summed E-state index contributed by atoms with van der Waals surface area (Å²) in [7, 11) is 0. The largest absolute Gasteiger partial charge is 0.357 e. The average Bonchev–Trinajstić information content (AvgIpc) is 3.36. The maximum absolute atomic E-state index is 11.9. The van der Waals surface area contributed by atoms with Gasteiger partial charge in [0.1, 0.15) is 0 Å². The van der Waals surface area contributed by atoms with Gasteiger partial charge < -0.3 is 15.5 Å². The number of carbonyl (C=O) groups excluding carboxylic acids is 1. The molecule has 0 aromatic carbocycles. The minimum atomic E-state index is 0. The smallest absolute Gasteiger partial charge is 0.222 e. The van der Waals surface area contributed by atoms with E-state index in [0.29, 0.717) is 12.5 Å². The second-order valence-corrected chi connectivity index (χ2v) is 7.62. The van der Waals surface area contributed by atoms with Crippen molar-refractivity contribution in [1.82, 2.24) is 20.4 Å². The lowest BCUT2D eigenvalue weighted by atomic mass is 10.1. The van der Waals surface area contributed by atoms with Crippen LogP contribution >= 0.6 is 35.3 Å². The van der Waals surface area contributed by atoms with Gasteiger partial charge in [-0.05, 0) is 48.8 Å². The van der Waals surface area contributed by atoms with Crippen molar-refractivity contribution in [3.8, 4) is 0 Å². The summed E-state index contributed by atoms with van der Waals surface area (Å²) in [4.78, 5) is 21.2. The molecule has 2 N–H and O–H groups in total. The van der Waals surface area contributed by atoms with Gasteiger partial charge in [-0.3, -0.25) is 14.7 Å². The summed E-state index contributed by atoms with van der Waals surface area (Å²) < 4.78 is 0. The third kappa shape index (κ3) is 7.18. The Balaban J connectivity index is 0.00000392. The molecule has 0 bridgehead atoms. The lowest BCUT2D eigenvalue weighted by Crippen LogP contribution is -2.45. The van der Waals surface area contributed by atoms with E-state index < -0.39 is 0 Å². The first-order valence-corrected chi connectivity index (χ1v) is 11.2. The maximum atomic E-state index is 11.9. The number of likely N-dealkylation sites (tertiary alicyclic amines) is 1. The Bertz CT molecular complexity index is 591. The van der Waals surface area contributed by atoms with Gasteiger partial charge in [-0.1, -0.05) is 20.8 Å². The van der Waals surface area contributed by atoms with Crippen LogP contribution in [0.15, 0.2) is 21.8 Å². The summed E-state index contributed by atoms with van der Waals surface area (Å²) in [5.74, 6) is 1.08. The highest BCUT2D eigenvalue weighted by molar-refractivity contribution is 14.0. The van der Waals surface area contributed by atoms with E-state index in [2.05, 4.69) is 53.1 Å². The van der Waals surface area contributed by atoms with Crippen molar-refractivity contribution in [2.75, 3.05) is 39.3 Å².